The van der Waals surface area contributed by atoms with Crippen LogP contribution in [0.15, 0.2) is 103 Å². The van der Waals surface area contributed by atoms with Crippen molar-refractivity contribution in [2.24, 2.45) is 0 Å². The summed E-state index contributed by atoms with van der Waals surface area (Å²) in [6, 6.07) is 25.1. The molecule has 27 heavy (non-hydrogen) atoms. The number of para-hydroxylation sites is 2. The third kappa shape index (κ3) is 5.79. The lowest BCUT2D eigenvalue weighted by Gasteiger charge is -2.13. The van der Waals surface area contributed by atoms with Gasteiger partial charge in [0.2, 0.25) is 0 Å². The van der Waals surface area contributed by atoms with E-state index in [4.69, 9.17) is 9.47 Å². The lowest BCUT2D eigenvalue weighted by atomic mass is 10.2. The van der Waals surface area contributed by atoms with Crippen molar-refractivity contribution >= 4 is 5.69 Å². The fraction of sp³-hybridized carbons (Fsp3) is 0.0833. The van der Waals surface area contributed by atoms with Gasteiger partial charge in [-0.3, -0.25) is 0 Å². The Morgan fingerprint density at radius 1 is 0.815 bits per heavy atom. The molecule has 0 saturated carbocycles. The average Bonchev–Trinajstić information content (AvgIpc) is 2.68. The van der Waals surface area contributed by atoms with E-state index in [2.05, 4.69) is 24.9 Å². The van der Waals surface area contributed by atoms with E-state index in [-0.39, 0.29) is 0 Å². The van der Waals surface area contributed by atoms with Gasteiger partial charge in [-0.05, 0) is 36.8 Å². The Labute approximate surface area is 160 Å². The van der Waals surface area contributed by atoms with E-state index in [1.807, 2.05) is 84.9 Å². The molecule has 3 aromatic rings. The Hall–Kier alpha value is -3.46. The van der Waals surface area contributed by atoms with Crippen LogP contribution < -0.4 is 14.8 Å². The monoisotopic (exact) mass is 357 g/mol. The second-order valence-electron chi connectivity index (χ2n) is 5.98. The number of ether oxygens (including phenoxy) is 2. The number of nitrogens with one attached hydrogen (secondary N) is 1. The SMILES string of the molecule is C=C(/C=C\CC)Nc1cc(Oc2ccccc2)cc(Oc2ccccc2)c1. The van der Waals surface area contributed by atoms with Crippen LogP contribution in [0.2, 0.25) is 0 Å². The van der Waals surface area contributed by atoms with Crippen LogP contribution in [-0.4, -0.2) is 0 Å². The van der Waals surface area contributed by atoms with Crippen LogP contribution >= 0.6 is 0 Å². The molecule has 0 aliphatic carbocycles. The molecule has 0 spiro atoms. The van der Waals surface area contributed by atoms with Crippen LogP contribution in [0.4, 0.5) is 5.69 Å². The third-order valence-electron chi connectivity index (χ3n) is 3.70. The molecule has 0 amide bonds. The van der Waals surface area contributed by atoms with E-state index in [9.17, 15) is 0 Å². The molecule has 0 aliphatic rings. The highest BCUT2D eigenvalue weighted by atomic mass is 16.5. The summed E-state index contributed by atoms with van der Waals surface area (Å²) in [6.07, 6.45) is 4.98. The van der Waals surface area contributed by atoms with E-state index in [1.54, 1.807) is 0 Å². The highest BCUT2D eigenvalue weighted by Gasteiger charge is 2.06. The largest absolute Gasteiger partial charge is 0.457 e. The Morgan fingerprint density at radius 3 is 1.81 bits per heavy atom. The molecular formula is C24H23NO2. The molecular weight excluding hydrogens is 334 g/mol. The van der Waals surface area contributed by atoms with E-state index in [0.29, 0.717) is 11.5 Å². The zero-order valence-electron chi connectivity index (χ0n) is 15.4. The maximum absolute atomic E-state index is 5.99. The van der Waals surface area contributed by atoms with Gasteiger partial charge in [-0.1, -0.05) is 56.0 Å². The molecule has 0 saturated heterocycles. The van der Waals surface area contributed by atoms with Crippen LogP contribution in [0, 0.1) is 0 Å². The van der Waals surface area contributed by atoms with E-state index in [0.717, 1.165) is 29.3 Å². The maximum Gasteiger partial charge on any atom is 0.133 e. The molecule has 0 fully saturated rings. The quantitative estimate of drug-likeness (QED) is 0.434. The Morgan fingerprint density at radius 2 is 1.33 bits per heavy atom. The van der Waals surface area contributed by atoms with Crippen molar-refractivity contribution in [2.75, 3.05) is 5.32 Å². The average molecular weight is 357 g/mol. The van der Waals surface area contributed by atoms with Gasteiger partial charge in [0.05, 0.1) is 0 Å². The topological polar surface area (TPSA) is 30.5 Å². The minimum atomic E-state index is 0.685. The van der Waals surface area contributed by atoms with Gasteiger partial charge >= 0.3 is 0 Å². The van der Waals surface area contributed by atoms with Crippen LogP contribution in [0.25, 0.3) is 0 Å². The van der Waals surface area contributed by atoms with Crippen LogP contribution in [0.1, 0.15) is 13.3 Å². The number of hydrogen-bond acceptors (Lipinski definition) is 3. The zero-order chi connectivity index (χ0) is 18.9. The predicted molar refractivity (Wildman–Crippen MR) is 112 cm³/mol. The first-order chi connectivity index (χ1) is 13.2. The standard InChI is InChI=1S/C24H23NO2/c1-3-4-11-19(2)25-20-16-23(26-21-12-7-5-8-13-21)18-24(17-20)27-22-14-9-6-10-15-22/h4-18,25H,2-3H2,1H3/b11-4-. The number of rotatable bonds is 8. The summed E-state index contributed by atoms with van der Waals surface area (Å²) in [4.78, 5) is 0. The predicted octanol–water partition coefficient (Wildman–Crippen LogP) is 7.16. The van der Waals surface area contributed by atoms with Crippen molar-refractivity contribution in [3.8, 4) is 23.0 Å². The molecule has 0 aliphatic heterocycles. The van der Waals surface area contributed by atoms with Gasteiger partial charge in [0.25, 0.3) is 0 Å². The highest BCUT2D eigenvalue weighted by molar-refractivity contribution is 5.58. The summed E-state index contributed by atoms with van der Waals surface area (Å²) in [5, 5.41) is 3.29. The van der Waals surface area contributed by atoms with Crippen molar-refractivity contribution in [2.45, 2.75) is 13.3 Å². The lowest BCUT2D eigenvalue weighted by Crippen LogP contribution is -1.97. The summed E-state index contributed by atoms with van der Waals surface area (Å²) in [5.41, 5.74) is 1.65. The minimum absolute atomic E-state index is 0.685. The first-order valence-corrected chi connectivity index (χ1v) is 8.96. The Balaban J connectivity index is 1.87. The zero-order valence-corrected chi connectivity index (χ0v) is 15.4. The molecule has 0 aromatic heterocycles. The van der Waals surface area contributed by atoms with Gasteiger partial charge in [-0.2, -0.15) is 0 Å². The van der Waals surface area contributed by atoms with E-state index in [1.165, 1.54) is 0 Å². The second kappa shape index (κ2) is 9.30. The van der Waals surface area contributed by atoms with Gasteiger partial charge in [0.15, 0.2) is 0 Å². The smallest absolute Gasteiger partial charge is 0.133 e. The summed E-state index contributed by atoms with van der Waals surface area (Å²) in [7, 11) is 0. The maximum atomic E-state index is 5.99. The van der Waals surface area contributed by atoms with Crippen molar-refractivity contribution < 1.29 is 9.47 Å². The molecule has 0 heterocycles. The van der Waals surface area contributed by atoms with Crippen molar-refractivity contribution in [3.05, 3.63) is 103 Å². The van der Waals surface area contributed by atoms with Crippen molar-refractivity contribution in [3.63, 3.8) is 0 Å². The molecule has 0 unspecified atom stereocenters. The molecule has 136 valence electrons. The Bertz CT molecular complexity index is 842. The van der Waals surface area contributed by atoms with E-state index < -0.39 is 0 Å². The van der Waals surface area contributed by atoms with Gasteiger partial charge in [-0.25, -0.2) is 0 Å². The molecule has 3 nitrogen and oxygen atoms in total. The molecule has 0 bridgehead atoms. The van der Waals surface area contributed by atoms with Gasteiger partial charge in [0.1, 0.15) is 23.0 Å². The van der Waals surface area contributed by atoms with Gasteiger partial charge < -0.3 is 14.8 Å². The summed E-state index contributed by atoms with van der Waals surface area (Å²) < 4.78 is 12.0. The number of anilines is 1. The molecule has 0 radical (unpaired) electrons. The first-order valence-electron chi connectivity index (χ1n) is 8.96. The summed E-state index contributed by atoms with van der Waals surface area (Å²) in [6.45, 7) is 6.12. The lowest BCUT2D eigenvalue weighted by molar-refractivity contribution is 0.461. The molecule has 3 rings (SSSR count). The van der Waals surface area contributed by atoms with Crippen LogP contribution in [0.3, 0.4) is 0 Å². The van der Waals surface area contributed by atoms with E-state index >= 15 is 0 Å². The van der Waals surface area contributed by atoms with Crippen LogP contribution in [-0.2, 0) is 0 Å². The number of allylic oxidation sites excluding steroid dienone is 2. The van der Waals surface area contributed by atoms with Gasteiger partial charge in [0, 0.05) is 29.6 Å². The van der Waals surface area contributed by atoms with Gasteiger partial charge in [-0.15, -0.1) is 0 Å². The number of hydrogen-bond donors (Lipinski definition) is 1. The van der Waals surface area contributed by atoms with Crippen molar-refractivity contribution in [1.82, 2.24) is 0 Å². The fourth-order valence-electron chi connectivity index (χ4n) is 2.50. The Kier molecular flexibility index (Phi) is 6.31. The highest BCUT2D eigenvalue weighted by Crippen LogP contribution is 2.32. The minimum Gasteiger partial charge on any atom is -0.457 e. The van der Waals surface area contributed by atoms with Crippen LogP contribution in [0.5, 0.6) is 23.0 Å². The number of benzene rings is 3. The van der Waals surface area contributed by atoms with Crippen molar-refractivity contribution in [1.29, 1.82) is 0 Å². The molecule has 3 aromatic carbocycles. The fourth-order valence-corrected chi connectivity index (χ4v) is 2.50. The third-order valence-corrected chi connectivity index (χ3v) is 3.70. The second-order valence-corrected chi connectivity index (χ2v) is 5.98. The molecule has 0 atom stereocenters. The molecule has 1 N–H and O–H groups in total. The first kappa shape index (κ1) is 18.3. The summed E-state index contributed by atoms with van der Waals surface area (Å²) in [5.74, 6) is 2.91. The molecule has 3 heteroatoms. The summed E-state index contributed by atoms with van der Waals surface area (Å²) >= 11 is 0. The normalized spacial score (nSPS) is 10.6.